The Morgan fingerprint density at radius 2 is 1.53 bits per heavy atom. The van der Waals surface area contributed by atoms with E-state index in [0.717, 1.165) is 24.6 Å². The highest BCUT2D eigenvalue weighted by atomic mass is 28.4. The summed E-state index contributed by atoms with van der Waals surface area (Å²) < 4.78 is 15.5. The Morgan fingerprint density at radius 1 is 1.12 bits per heavy atom. The van der Waals surface area contributed by atoms with Crippen molar-refractivity contribution in [2.45, 2.75) is 46.6 Å². The summed E-state index contributed by atoms with van der Waals surface area (Å²) in [5.41, 5.74) is 0.787. The predicted octanol–water partition coefficient (Wildman–Crippen LogP) is 3.35. The molecule has 0 aromatic rings. The molecule has 0 rings (SSSR count). The lowest BCUT2D eigenvalue weighted by molar-refractivity contribution is 0.123. The zero-order valence-electron chi connectivity index (χ0n) is 12.4. The Morgan fingerprint density at radius 3 is 1.59 bits per heavy atom. The van der Waals surface area contributed by atoms with Crippen LogP contribution in [0, 0.1) is 11.3 Å². The molecule has 0 bridgehead atoms. The smallest absolute Gasteiger partial charge is 0.377 e. The van der Waals surface area contributed by atoms with Crippen LogP contribution in [0.4, 0.5) is 0 Å². The first kappa shape index (κ1) is 19.1. The second-order valence-electron chi connectivity index (χ2n) is 4.42. The van der Waals surface area contributed by atoms with Crippen molar-refractivity contribution in [3.8, 4) is 0 Å². The van der Waals surface area contributed by atoms with E-state index in [0.29, 0.717) is 5.92 Å². The Labute approximate surface area is 108 Å². The van der Waals surface area contributed by atoms with Crippen LogP contribution >= 0.6 is 0 Å². The highest BCUT2D eigenvalue weighted by Gasteiger charge is 2.36. The van der Waals surface area contributed by atoms with Crippen LogP contribution in [0.25, 0.3) is 0 Å². The van der Waals surface area contributed by atoms with Crippen molar-refractivity contribution >= 4 is 14.5 Å². The Balaban J connectivity index is 0. The monoisotopic (exact) mass is 263 g/mol. The Bertz CT molecular complexity index is 186. The van der Waals surface area contributed by atoms with Crippen LogP contribution in [0.3, 0.4) is 0 Å². The molecule has 0 saturated carbocycles. The molecule has 104 valence electrons. The summed E-state index contributed by atoms with van der Waals surface area (Å²) in [5.74, 6) is 0.650. The third kappa shape index (κ3) is 10.6. The maximum Gasteiger partial charge on any atom is 0.500 e. The molecule has 0 atom stereocenters. The third-order valence-corrected chi connectivity index (χ3v) is 5.18. The minimum atomic E-state index is -2.22. The summed E-state index contributed by atoms with van der Waals surface area (Å²) in [6, 6.07) is 0.885. The molecule has 0 radical (unpaired) electrons. The quantitative estimate of drug-likeness (QED) is 0.566. The van der Waals surface area contributed by atoms with Gasteiger partial charge in [-0.3, -0.25) is 0 Å². The fraction of sp³-hybridized carbons (Fsp3) is 0.917. The highest BCUT2D eigenvalue weighted by Crippen LogP contribution is 2.13. The van der Waals surface area contributed by atoms with Crippen molar-refractivity contribution in [2.75, 3.05) is 21.3 Å². The lowest BCUT2D eigenvalue weighted by Gasteiger charge is -2.23. The van der Waals surface area contributed by atoms with Gasteiger partial charge in [0.1, 0.15) is 0 Å². The zero-order chi connectivity index (χ0) is 13.9. The lowest BCUT2D eigenvalue weighted by atomic mass is 10.1. The molecular formula is C12H29NO3Si. The van der Waals surface area contributed by atoms with Gasteiger partial charge in [0.15, 0.2) is 0 Å². The van der Waals surface area contributed by atoms with Gasteiger partial charge in [-0.25, -0.2) is 0 Å². The Hall–Kier alpha value is -0.233. The molecule has 0 unspecified atom stereocenters. The summed E-state index contributed by atoms with van der Waals surface area (Å²) in [7, 11) is 2.68. The van der Waals surface area contributed by atoms with Gasteiger partial charge in [-0.15, -0.1) is 0 Å². The average molecular weight is 263 g/mol. The van der Waals surface area contributed by atoms with Crippen LogP contribution < -0.4 is 0 Å². The minimum Gasteiger partial charge on any atom is -0.377 e. The van der Waals surface area contributed by atoms with Gasteiger partial charge in [-0.05, 0) is 19.3 Å². The molecule has 0 amide bonds. The summed E-state index contributed by atoms with van der Waals surface area (Å²) in [6.45, 7) is 8.18. The van der Waals surface area contributed by atoms with Gasteiger partial charge < -0.3 is 18.7 Å². The van der Waals surface area contributed by atoms with E-state index in [1.54, 1.807) is 21.3 Å². The van der Waals surface area contributed by atoms with Crippen molar-refractivity contribution in [3.63, 3.8) is 0 Å². The largest absolute Gasteiger partial charge is 0.500 e. The SMILES string of the molecule is CC(=N)CC(C)C.CCC[Si](OC)(OC)OC. The van der Waals surface area contributed by atoms with Crippen LogP contribution in [-0.4, -0.2) is 35.8 Å². The minimum absolute atomic E-state index is 0.650. The summed E-state index contributed by atoms with van der Waals surface area (Å²) in [4.78, 5) is 0. The van der Waals surface area contributed by atoms with Crippen LogP contribution in [0.2, 0.25) is 6.04 Å². The fourth-order valence-corrected chi connectivity index (χ4v) is 3.20. The van der Waals surface area contributed by atoms with E-state index in [4.69, 9.17) is 18.7 Å². The normalized spacial score (nSPS) is 11.1. The molecule has 0 aliphatic heterocycles. The molecule has 0 aliphatic rings. The van der Waals surface area contributed by atoms with Crippen LogP contribution in [-0.2, 0) is 13.3 Å². The molecule has 0 aromatic heterocycles. The van der Waals surface area contributed by atoms with Crippen LogP contribution in [0.1, 0.15) is 40.5 Å². The molecule has 0 heterocycles. The zero-order valence-corrected chi connectivity index (χ0v) is 13.4. The van der Waals surface area contributed by atoms with Crippen molar-refractivity contribution in [2.24, 2.45) is 5.92 Å². The molecular weight excluding hydrogens is 234 g/mol. The molecule has 0 spiro atoms. The van der Waals surface area contributed by atoms with E-state index in [9.17, 15) is 0 Å². The van der Waals surface area contributed by atoms with Crippen molar-refractivity contribution in [1.82, 2.24) is 0 Å². The van der Waals surface area contributed by atoms with Gasteiger partial charge in [0.25, 0.3) is 0 Å². The van der Waals surface area contributed by atoms with Gasteiger partial charge in [0.2, 0.25) is 0 Å². The first-order valence-corrected chi connectivity index (χ1v) is 8.00. The summed E-state index contributed by atoms with van der Waals surface area (Å²) in [6.07, 6.45) is 1.97. The maximum absolute atomic E-state index is 7.02. The van der Waals surface area contributed by atoms with E-state index in [-0.39, 0.29) is 0 Å². The molecule has 1 N–H and O–H groups in total. The number of rotatable bonds is 7. The van der Waals surface area contributed by atoms with Crippen LogP contribution in [0.15, 0.2) is 0 Å². The highest BCUT2D eigenvalue weighted by molar-refractivity contribution is 6.60. The van der Waals surface area contributed by atoms with Crippen molar-refractivity contribution in [3.05, 3.63) is 0 Å². The number of hydrogen-bond donors (Lipinski definition) is 1. The van der Waals surface area contributed by atoms with Crippen LogP contribution in [0.5, 0.6) is 0 Å². The van der Waals surface area contributed by atoms with E-state index in [1.165, 1.54) is 0 Å². The standard InChI is InChI=1S/C6H13N.C6H16O3Si/c1-5(2)4-6(3)7;1-5-6-10(7-2,8-3)9-4/h5,7H,4H2,1-3H3;5-6H2,1-4H3. The van der Waals surface area contributed by atoms with Gasteiger partial charge in [-0.1, -0.05) is 27.2 Å². The van der Waals surface area contributed by atoms with Gasteiger partial charge in [0.05, 0.1) is 0 Å². The van der Waals surface area contributed by atoms with E-state index < -0.39 is 8.80 Å². The average Bonchev–Trinajstić information content (AvgIpc) is 2.25. The topological polar surface area (TPSA) is 51.5 Å². The van der Waals surface area contributed by atoms with Gasteiger partial charge in [-0.2, -0.15) is 0 Å². The van der Waals surface area contributed by atoms with E-state index in [1.807, 2.05) is 6.92 Å². The molecule has 4 nitrogen and oxygen atoms in total. The van der Waals surface area contributed by atoms with Crippen molar-refractivity contribution < 1.29 is 13.3 Å². The summed E-state index contributed by atoms with van der Waals surface area (Å²) in [5, 5.41) is 7.02. The number of hydrogen-bond acceptors (Lipinski definition) is 4. The molecule has 0 fully saturated rings. The molecule has 5 heteroatoms. The molecule has 17 heavy (non-hydrogen) atoms. The number of nitrogens with one attached hydrogen (secondary N) is 1. The first-order valence-electron chi connectivity index (χ1n) is 6.06. The second-order valence-corrected chi connectivity index (χ2v) is 7.51. The first-order chi connectivity index (χ1) is 7.87. The van der Waals surface area contributed by atoms with Gasteiger partial charge >= 0.3 is 8.80 Å². The fourth-order valence-electron chi connectivity index (χ4n) is 1.47. The Kier molecular flexibility index (Phi) is 12.2. The summed E-state index contributed by atoms with van der Waals surface area (Å²) >= 11 is 0. The van der Waals surface area contributed by atoms with Gasteiger partial charge in [0, 0.05) is 33.1 Å². The molecule has 0 saturated heterocycles. The van der Waals surface area contributed by atoms with E-state index in [2.05, 4.69) is 20.8 Å². The second kappa shape index (κ2) is 10.9. The third-order valence-electron chi connectivity index (χ3n) is 2.20. The van der Waals surface area contributed by atoms with E-state index >= 15 is 0 Å². The van der Waals surface area contributed by atoms with Crippen molar-refractivity contribution in [1.29, 1.82) is 5.41 Å². The predicted molar refractivity (Wildman–Crippen MR) is 74.7 cm³/mol. The maximum atomic E-state index is 7.02. The lowest BCUT2D eigenvalue weighted by Crippen LogP contribution is -2.42. The molecule has 0 aromatic carbocycles. The molecule has 0 aliphatic carbocycles.